The Balaban J connectivity index is 4.05. The molecule has 6 heteroatoms. The maximum Gasteiger partial charge on any atom is 0.310 e. The molecule has 0 fully saturated rings. The molecule has 0 saturated carbocycles. The van der Waals surface area contributed by atoms with Crippen molar-refractivity contribution in [1.29, 1.82) is 0 Å². The maximum atomic E-state index is 12.8. The van der Waals surface area contributed by atoms with Crippen LogP contribution in [0.25, 0.3) is 0 Å². The highest BCUT2D eigenvalue weighted by molar-refractivity contribution is 5.72. The number of unbranched alkanes of at least 4 members (excludes halogenated alkanes) is 42. The summed E-state index contributed by atoms with van der Waals surface area (Å²) in [6.45, 7) is 6.47. The lowest BCUT2D eigenvalue weighted by Crippen LogP contribution is -2.30. The van der Waals surface area contributed by atoms with Crippen molar-refractivity contribution in [2.24, 2.45) is 0 Å². The Morgan fingerprint density at radius 3 is 0.740 bits per heavy atom. The van der Waals surface area contributed by atoms with Gasteiger partial charge in [0.15, 0.2) is 6.10 Å². The van der Waals surface area contributed by atoms with E-state index in [0.29, 0.717) is 12.8 Å². The van der Waals surface area contributed by atoms with Crippen LogP contribution in [-0.2, 0) is 28.6 Å². The first-order valence-electron chi connectivity index (χ1n) is 33.8. The van der Waals surface area contributed by atoms with Crippen LogP contribution in [0.2, 0.25) is 0 Å². The standard InChI is InChI=1S/C71H128O6/c1-4-7-10-13-16-19-22-24-26-27-28-29-30-31-32-33-34-35-36-37-38-39-40-41-42-43-44-46-47-49-52-55-58-61-64-70(73)76-67-68(66-75-69(72)63-60-57-54-51-21-18-15-12-9-6-3)77-71(74)65-62-59-56-53-50-48-45-25-23-20-17-14-11-8-5-2/h8,11,17,20,25,45,50,53,59,62,68H,4-7,9-10,12-16,18-19,21-24,26-44,46-49,51-52,54-58,60-61,63-67H2,1-3H3/b11-8-,20-17-,45-25-,53-50-,62-59-. The van der Waals surface area contributed by atoms with Crippen molar-refractivity contribution in [2.45, 2.75) is 361 Å². The Morgan fingerprint density at radius 1 is 0.273 bits per heavy atom. The highest BCUT2D eigenvalue weighted by Crippen LogP contribution is 2.18. The summed E-state index contributed by atoms with van der Waals surface area (Å²) < 4.78 is 16.8. The molecule has 0 aliphatic rings. The molecule has 0 N–H and O–H groups in total. The lowest BCUT2D eigenvalue weighted by atomic mass is 10.0. The van der Waals surface area contributed by atoms with E-state index in [9.17, 15) is 14.4 Å². The molecule has 0 heterocycles. The molecule has 0 spiro atoms. The van der Waals surface area contributed by atoms with Crippen LogP contribution in [0.15, 0.2) is 60.8 Å². The second-order valence-corrected chi connectivity index (χ2v) is 22.7. The summed E-state index contributed by atoms with van der Waals surface area (Å²) in [7, 11) is 0. The first-order chi connectivity index (χ1) is 38.0. The monoisotopic (exact) mass is 1080 g/mol. The van der Waals surface area contributed by atoms with Crippen molar-refractivity contribution in [3.63, 3.8) is 0 Å². The van der Waals surface area contributed by atoms with Gasteiger partial charge in [-0.15, -0.1) is 0 Å². The Labute approximate surface area is 479 Å². The summed E-state index contributed by atoms with van der Waals surface area (Å²) in [6.07, 6.45) is 84.6. The van der Waals surface area contributed by atoms with Crippen LogP contribution in [0.3, 0.4) is 0 Å². The highest BCUT2D eigenvalue weighted by Gasteiger charge is 2.19. The van der Waals surface area contributed by atoms with Crippen molar-refractivity contribution in [1.82, 2.24) is 0 Å². The maximum absolute atomic E-state index is 12.8. The molecule has 0 aliphatic heterocycles. The number of ether oxygens (including phenoxy) is 3. The molecule has 0 aromatic carbocycles. The van der Waals surface area contributed by atoms with E-state index in [1.165, 1.54) is 244 Å². The number of rotatable bonds is 62. The number of hydrogen-bond donors (Lipinski definition) is 0. The molecule has 0 aromatic heterocycles. The lowest BCUT2D eigenvalue weighted by molar-refractivity contribution is -0.166. The minimum atomic E-state index is -0.825. The topological polar surface area (TPSA) is 78.9 Å². The number of esters is 3. The van der Waals surface area contributed by atoms with Gasteiger partial charge in [0.25, 0.3) is 0 Å². The lowest BCUT2D eigenvalue weighted by Gasteiger charge is -2.18. The van der Waals surface area contributed by atoms with Crippen LogP contribution >= 0.6 is 0 Å². The van der Waals surface area contributed by atoms with Gasteiger partial charge in [0, 0.05) is 12.8 Å². The average Bonchev–Trinajstić information content (AvgIpc) is 3.43. The molecule has 0 saturated heterocycles. The van der Waals surface area contributed by atoms with Gasteiger partial charge in [-0.2, -0.15) is 0 Å². The zero-order valence-electron chi connectivity index (χ0n) is 51.5. The fourth-order valence-electron chi connectivity index (χ4n) is 10.1. The molecule has 0 amide bonds. The Morgan fingerprint density at radius 2 is 0.494 bits per heavy atom. The van der Waals surface area contributed by atoms with Crippen LogP contribution in [0.1, 0.15) is 355 Å². The zero-order valence-corrected chi connectivity index (χ0v) is 51.5. The van der Waals surface area contributed by atoms with Crippen LogP contribution in [0.4, 0.5) is 0 Å². The van der Waals surface area contributed by atoms with Gasteiger partial charge in [-0.3, -0.25) is 14.4 Å². The van der Waals surface area contributed by atoms with Crippen LogP contribution in [0.5, 0.6) is 0 Å². The van der Waals surface area contributed by atoms with E-state index in [1.54, 1.807) is 6.08 Å². The summed E-state index contributed by atoms with van der Waals surface area (Å²) in [5, 5.41) is 0. The van der Waals surface area contributed by atoms with E-state index in [2.05, 4.69) is 69.4 Å². The number of carbonyl (C=O) groups is 3. The highest BCUT2D eigenvalue weighted by atomic mass is 16.6. The first-order valence-corrected chi connectivity index (χ1v) is 33.8. The van der Waals surface area contributed by atoms with E-state index < -0.39 is 12.1 Å². The molecule has 448 valence electrons. The molecule has 0 aliphatic carbocycles. The van der Waals surface area contributed by atoms with Crippen LogP contribution in [0, 0.1) is 0 Å². The third-order valence-corrected chi connectivity index (χ3v) is 15.1. The smallest absolute Gasteiger partial charge is 0.310 e. The van der Waals surface area contributed by atoms with Crippen molar-refractivity contribution in [3.8, 4) is 0 Å². The third kappa shape index (κ3) is 63.8. The van der Waals surface area contributed by atoms with Gasteiger partial charge in [0.1, 0.15) is 13.2 Å². The summed E-state index contributed by atoms with van der Waals surface area (Å²) >= 11 is 0. The van der Waals surface area contributed by atoms with Gasteiger partial charge >= 0.3 is 17.9 Å². The van der Waals surface area contributed by atoms with Crippen molar-refractivity contribution >= 4 is 17.9 Å². The zero-order chi connectivity index (χ0) is 55.7. The molecular weight excluding hydrogens is 949 g/mol. The molecule has 1 unspecified atom stereocenters. The Kier molecular flexibility index (Phi) is 63.2. The Hall–Kier alpha value is -2.89. The second-order valence-electron chi connectivity index (χ2n) is 22.7. The summed E-state index contributed by atoms with van der Waals surface area (Å²) in [5.41, 5.74) is 0. The van der Waals surface area contributed by atoms with E-state index >= 15 is 0 Å². The molecule has 6 nitrogen and oxygen atoms in total. The average molecular weight is 1080 g/mol. The normalized spacial score (nSPS) is 12.4. The Bertz CT molecular complexity index is 1380. The summed E-state index contributed by atoms with van der Waals surface area (Å²) in [5.74, 6) is -1.03. The quantitative estimate of drug-likeness (QED) is 0.0261. The fraction of sp³-hybridized carbons (Fsp3) is 0.817. The van der Waals surface area contributed by atoms with Crippen molar-refractivity contribution in [3.05, 3.63) is 60.8 Å². The molecule has 0 aromatic rings. The molecule has 0 bridgehead atoms. The van der Waals surface area contributed by atoms with Gasteiger partial charge < -0.3 is 14.2 Å². The van der Waals surface area contributed by atoms with E-state index in [4.69, 9.17) is 14.2 Å². The van der Waals surface area contributed by atoms with Gasteiger partial charge in [-0.1, -0.05) is 351 Å². The second kappa shape index (κ2) is 65.6. The number of hydrogen-bond acceptors (Lipinski definition) is 6. The predicted octanol–water partition coefficient (Wildman–Crippen LogP) is 23.1. The SMILES string of the molecule is CC/C=C\C/C=C\C/C=C\C/C=C\C/C=C\CC(=O)OC(COC(=O)CCCCCCCCCCCC)COC(=O)CCCCCCCCCCCCCCCCCCCCCCCCCCCCCCCCCCCC. The minimum absolute atomic E-state index is 0.101. The largest absolute Gasteiger partial charge is 0.462 e. The minimum Gasteiger partial charge on any atom is -0.462 e. The molecule has 1 atom stereocenters. The fourth-order valence-corrected chi connectivity index (χ4v) is 10.1. The van der Waals surface area contributed by atoms with Gasteiger partial charge in [0.2, 0.25) is 0 Å². The number of allylic oxidation sites excluding steroid dienone is 9. The summed E-state index contributed by atoms with van der Waals surface area (Å²) in [6, 6.07) is 0. The molecule has 0 radical (unpaired) electrons. The van der Waals surface area contributed by atoms with E-state index in [-0.39, 0.29) is 31.6 Å². The van der Waals surface area contributed by atoms with Gasteiger partial charge in [-0.05, 0) is 44.9 Å². The van der Waals surface area contributed by atoms with E-state index in [1.807, 2.05) is 6.08 Å². The van der Waals surface area contributed by atoms with Crippen LogP contribution in [-0.4, -0.2) is 37.2 Å². The molecular formula is C71H128O6. The number of carbonyl (C=O) groups excluding carboxylic acids is 3. The van der Waals surface area contributed by atoms with Gasteiger partial charge in [0.05, 0.1) is 6.42 Å². The van der Waals surface area contributed by atoms with Crippen LogP contribution < -0.4 is 0 Å². The summed E-state index contributed by atoms with van der Waals surface area (Å²) in [4.78, 5) is 38.1. The van der Waals surface area contributed by atoms with E-state index in [0.717, 1.165) is 70.6 Å². The molecule has 0 rings (SSSR count). The third-order valence-electron chi connectivity index (χ3n) is 15.1. The van der Waals surface area contributed by atoms with Crippen molar-refractivity contribution < 1.29 is 28.6 Å². The predicted molar refractivity (Wildman–Crippen MR) is 335 cm³/mol. The first kappa shape index (κ1) is 74.1. The van der Waals surface area contributed by atoms with Crippen molar-refractivity contribution in [2.75, 3.05) is 13.2 Å². The van der Waals surface area contributed by atoms with Gasteiger partial charge in [-0.25, -0.2) is 0 Å². The molecule has 77 heavy (non-hydrogen) atoms.